The lowest BCUT2D eigenvalue weighted by Gasteiger charge is -2.12. The van der Waals surface area contributed by atoms with Gasteiger partial charge < -0.3 is 19.4 Å². The molecule has 0 saturated carbocycles. The lowest BCUT2D eigenvalue weighted by molar-refractivity contribution is 0.142. The number of para-hydroxylation sites is 2. The van der Waals surface area contributed by atoms with Gasteiger partial charge in [0.25, 0.3) is 0 Å². The molecule has 0 atom stereocenters. The zero-order valence-electron chi connectivity index (χ0n) is 12.0. The van der Waals surface area contributed by atoms with Gasteiger partial charge in [-0.05, 0) is 25.5 Å². The largest absolute Gasteiger partial charge is 0.495 e. The number of rotatable bonds is 8. The summed E-state index contributed by atoms with van der Waals surface area (Å²) < 4.78 is 12.8. The molecule has 0 amide bonds. The Morgan fingerprint density at radius 3 is 2.95 bits per heavy atom. The molecule has 1 aromatic heterocycles. The third-order valence-corrected chi connectivity index (χ3v) is 2.96. The molecule has 2 rings (SSSR count). The Hall–Kier alpha value is -2.01. The van der Waals surface area contributed by atoms with Gasteiger partial charge in [0.1, 0.15) is 5.75 Å². The van der Waals surface area contributed by atoms with Crippen LogP contribution in [-0.4, -0.2) is 29.9 Å². The van der Waals surface area contributed by atoms with E-state index in [9.17, 15) is 0 Å². The highest BCUT2D eigenvalue weighted by molar-refractivity contribution is 5.62. The van der Waals surface area contributed by atoms with Gasteiger partial charge in [-0.2, -0.15) is 0 Å². The van der Waals surface area contributed by atoms with Crippen molar-refractivity contribution in [1.29, 1.82) is 0 Å². The number of aryl methyl sites for hydroxylation is 1. The van der Waals surface area contributed by atoms with Crippen LogP contribution >= 0.6 is 0 Å². The number of nitrogens with one attached hydrogen (secondary N) is 1. The van der Waals surface area contributed by atoms with E-state index in [1.54, 1.807) is 13.3 Å². The molecule has 0 aliphatic rings. The van der Waals surface area contributed by atoms with Gasteiger partial charge in [-0.25, -0.2) is 4.98 Å². The lowest BCUT2D eigenvalue weighted by atomic mass is 10.3. The number of hydrogen-bond acceptors (Lipinski definition) is 4. The Bertz CT molecular complexity index is 525. The SMILES string of the molecule is CCOCCCn1ccnc1Nc1ccccc1OC. The average molecular weight is 275 g/mol. The number of aromatic nitrogens is 2. The van der Waals surface area contributed by atoms with Crippen molar-refractivity contribution >= 4 is 11.6 Å². The molecular weight excluding hydrogens is 254 g/mol. The highest BCUT2D eigenvalue weighted by Crippen LogP contribution is 2.26. The zero-order chi connectivity index (χ0) is 14.2. The molecule has 108 valence electrons. The van der Waals surface area contributed by atoms with Crippen LogP contribution < -0.4 is 10.1 Å². The van der Waals surface area contributed by atoms with E-state index >= 15 is 0 Å². The zero-order valence-corrected chi connectivity index (χ0v) is 12.0. The van der Waals surface area contributed by atoms with E-state index in [0.29, 0.717) is 0 Å². The first-order valence-corrected chi connectivity index (χ1v) is 6.84. The van der Waals surface area contributed by atoms with Crippen molar-refractivity contribution < 1.29 is 9.47 Å². The minimum atomic E-state index is 0.760. The summed E-state index contributed by atoms with van der Waals surface area (Å²) in [4.78, 5) is 4.34. The van der Waals surface area contributed by atoms with Crippen molar-refractivity contribution in [3.8, 4) is 5.75 Å². The summed E-state index contributed by atoms with van der Waals surface area (Å²) in [6, 6.07) is 7.80. The summed E-state index contributed by atoms with van der Waals surface area (Å²) in [5.74, 6) is 1.61. The number of nitrogens with zero attached hydrogens (tertiary/aromatic N) is 2. The summed E-state index contributed by atoms with van der Waals surface area (Å²) in [7, 11) is 1.66. The van der Waals surface area contributed by atoms with E-state index in [1.807, 2.05) is 37.4 Å². The molecule has 1 heterocycles. The smallest absolute Gasteiger partial charge is 0.207 e. The predicted molar refractivity (Wildman–Crippen MR) is 79.6 cm³/mol. The molecular formula is C15H21N3O2. The lowest BCUT2D eigenvalue weighted by Crippen LogP contribution is -2.06. The van der Waals surface area contributed by atoms with E-state index in [2.05, 4.69) is 14.9 Å². The highest BCUT2D eigenvalue weighted by atomic mass is 16.5. The quantitative estimate of drug-likeness (QED) is 0.752. The Labute approximate surface area is 119 Å². The summed E-state index contributed by atoms with van der Waals surface area (Å²) >= 11 is 0. The van der Waals surface area contributed by atoms with Crippen LogP contribution in [0.3, 0.4) is 0 Å². The summed E-state index contributed by atoms with van der Waals surface area (Å²) in [5.41, 5.74) is 0.909. The summed E-state index contributed by atoms with van der Waals surface area (Å²) in [5, 5.41) is 3.30. The molecule has 0 spiro atoms. The Morgan fingerprint density at radius 1 is 1.30 bits per heavy atom. The number of hydrogen-bond donors (Lipinski definition) is 1. The van der Waals surface area contributed by atoms with Crippen molar-refractivity contribution in [1.82, 2.24) is 9.55 Å². The number of methoxy groups -OCH3 is 1. The fourth-order valence-electron chi connectivity index (χ4n) is 1.96. The maximum Gasteiger partial charge on any atom is 0.207 e. The molecule has 20 heavy (non-hydrogen) atoms. The minimum Gasteiger partial charge on any atom is -0.495 e. The monoisotopic (exact) mass is 275 g/mol. The molecule has 0 fully saturated rings. The predicted octanol–water partition coefficient (Wildman–Crippen LogP) is 3.06. The summed E-state index contributed by atoms with van der Waals surface area (Å²) in [6.45, 7) is 4.41. The van der Waals surface area contributed by atoms with Crippen molar-refractivity contribution in [3.63, 3.8) is 0 Å². The van der Waals surface area contributed by atoms with Crippen molar-refractivity contribution in [2.24, 2.45) is 0 Å². The second-order valence-corrected chi connectivity index (χ2v) is 4.32. The van der Waals surface area contributed by atoms with Crippen LogP contribution in [0.2, 0.25) is 0 Å². The first-order valence-electron chi connectivity index (χ1n) is 6.84. The maximum absolute atomic E-state index is 5.35. The first-order chi connectivity index (χ1) is 9.85. The molecule has 0 aliphatic heterocycles. The van der Waals surface area contributed by atoms with Gasteiger partial charge in [-0.15, -0.1) is 0 Å². The Balaban J connectivity index is 2.01. The van der Waals surface area contributed by atoms with Gasteiger partial charge in [-0.1, -0.05) is 12.1 Å². The molecule has 1 aromatic carbocycles. The third-order valence-electron chi connectivity index (χ3n) is 2.96. The van der Waals surface area contributed by atoms with E-state index in [-0.39, 0.29) is 0 Å². The topological polar surface area (TPSA) is 48.3 Å². The van der Waals surface area contributed by atoms with Crippen LogP contribution in [-0.2, 0) is 11.3 Å². The molecule has 0 unspecified atom stereocenters. The van der Waals surface area contributed by atoms with Gasteiger partial charge in [0.05, 0.1) is 12.8 Å². The van der Waals surface area contributed by atoms with Crippen molar-refractivity contribution in [3.05, 3.63) is 36.7 Å². The van der Waals surface area contributed by atoms with Crippen molar-refractivity contribution in [2.75, 3.05) is 25.6 Å². The Kier molecular flexibility index (Phi) is 5.43. The van der Waals surface area contributed by atoms with Crippen LogP contribution in [0.15, 0.2) is 36.7 Å². The van der Waals surface area contributed by atoms with E-state index in [1.165, 1.54) is 0 Å². The van der Waals surface area contributed by atoms with Crippen LogP contribution in [0, 0.1) is 0 Å². The van der Waals surface area contributed by atoms with Crippen molar-refractivity contribution in [2.45, 2.75) is 19.9 Å². The van der Waals surface area contributed by atoms with Crippen LogP contribution in [0.4, 0.5) is 11.6 Å². The molecule has 2 aromatic rings. The van der Waals surface area contributed by atoms with Gasteiger partial charge >= 0.3 is 0 Å². The normalized spacial score (nSPS) is 10.5. The van der Waals surface area contributed by atoms with Gasteiger partial charge in [-0.3, -0.25) is 0 Å². The first kappa shape index (κ1) is 14.4. The number of imidazole rings is 1. The fraction of sp³-hybridized carbons (Fsp3) is 0.400. The maximum atomic E-state index is 5.35. The highest BCUT2D eigenvalue weighted by Gasteiger charge is 2.06. The molecule has 5 nitrogen and oxygen atoms in total. The van der Waals surface area contributed by atoms with E-state index < -0.39 is 0 Å². The molecule has 1 N–H and O–H groups in total. The standard InChI is InChI=1S/C15H21N3O2/c1-3-20-12-6-10-18-11-9-16-15(18)17-13-7-4-5-8-14(13)19-2/h4-5,7-9,11H,3,6,10,12H2,1-2H3,(H,16,17). The number of ether oxygens (including phenoxy) is 2. The fourth-order valence-corrected chi connectivity index (χ4v) is 1.96. The molecule has 0 radical (unpaired) electrons. The number of benzene rings is 1. The summed E-state index contributed by atoms with van der Waals surface area (Å²) in [6.07, 6.45) is 4.72. The molecule has 0 aliphatic carbocycles. The number of anilines is 2. The Morgan fingerprint density at radius 2 is 2.15 bits per heavy atom. The van der Waals surface area contributed by atoms with Gasteiger partial charge in [0, 0.05) is 32.2 Å². The van der Waals surface area contributed by atoms with Crippen LogP contribution in [0.25, 0.3) is 0 Å². The molecule has 5 heteroatoms. The van der Waals surface area contributed by atoms with E-state index in [0.717, 1.165) is 43.6 Å². The van der Waals surface area contributed by atoms with E-state index in [4.69, 9.17) is 9.47 Å². The van der Waals surface area contributed by atoms with Crippen LogP contribution in [0.1, 0.15) is 13.3 Å². The average Bonchev–Trinajstić information content (AvgIpc) is 2.91. The van der Waals surface area contributed by atoms with Crippen LogP contribution in [0.5, 0.6) is 5.75 Å². The molecule has 0 saturated heterocycles. The second kappa shape index (κ2) is 7.55. The molecule has 0 bridgehead atoms. The van der Waals surface area contributed by atoms with Gasteiger partial charge in [0.2, 0.25) is 5.95 Å². The van der Waals surface area contributed by atoms with Gasteiger partial charge in [0.15, 0.2) is 0 Å². The minimum absolute atomic E-state index is 0.760. The third kappa shape index (κ3) is 3.74. The second-order valence-electron chi connectivity index (χ2n) is 4.32.